The number of carbonyl (C=O) groups excluding carboxylic acids is 2. The fraction of sp³-hybridized carbons (Fsp3) is 0.333. The van der Waals surface area contributed by atoms with E-state index in [-0.39, 0.29) is 28.6 Å². The number of amides is 1. The van der Waals surface area contributed by atoms with Crippen molar-refractivity contribution in [3.8, 4) is 0 Å². The van der Waals surface area contributed by atoms with Crippen molar-refractivity contribution >= 4 is 23.1 Å². The van der Waals surface area contributed by atoms with E-state index >= 15 is 0 Å². The van der Waals surface area contributed by atoms with Crippen LogP contribution in [0.2, 0.25) is 0 Å². The number of likely N-dealkylation sites (tertiary alicyclic amines) is 1. The Morgan fingerprint density at radius 2 is 1.81 bits per heavy atom. The molecule has 1 aliphatic carbocycles. The molecular formula is C24H24N2O5. The monoisotopic (exact) mass is 420 g/mol. The number of benzene rings is 2. The third-order valence-electron chi connectivity index (χ3n) is 6.23. The molecular weight excluding hydrogens is 396 g/mol. The maximum atomic E-state index is 13.1. The molecule has 2 aliphatic rings. The summed E-state index contributed by atoms with van der Waals surface area (Å²) in [7, 11) is 0. The number of ketones is 1. The van der Waals surface area contributed by atoms with Crippen LogP contribution in [0.1, 0.15) is 55.3 Å². The average molecular weight is 420 g/mol. The fourth-order valence-corrected chi connectivity index (χ4v) is 4.59. The Balaban J connectivity index is 1.87. The second-order valence-electron chi connectivity index (χ2n) is 8.05. The van der Waals surface area contributed by atoms with Crippen molar-refractivity contribution in [3.05, 3.63) is 80.9 Å². The van der Waals surface area contributed by atoms with Crippen molar-refractivity contribution in [1.29, 1.82) is 0 Å². The van der Waals surface area contributed by atoms with Crippen molar-refractivity contribution in [2.45, 2.75) is 51.1 Å². The standard InChI is InChI=1S/C24H24N2O5/c1-2-15-10-12-16(13-11-15)21-20(22(27)17-6-5-9-19(14-17)26(30)31)23(28)24(29)25(21)18-7-3-4-8-18/h5-6,9-14,18,21,27H,2-4,7-8H2,1H3/b22-20-. The number of aryl methyl sites for hydroxylation is 1. The number of aliphatic hydroxyl groups is 1. The molecule has 4 rings (SSSR count). The first-order valence-corrected chi connectivity index (χ1v) is 10.6. The number of nitro benzene ring substituents is 1. The lowest BCUT2D eigenvalue weighted by molar-refractivity contribution is -0.384. The Morgan fingerprint density at radius 3 is 2.42 bits per heavy atom. The van der Waals surface area contributed by atoms with E-state index in [9.17, 15) is 24.8 Å². The molecule has 1 heterocycles. The number of Topliss-reactive ketones (excluding diaryl/α,β-unsaturated/α-hetero) is 1. The maximum absolute atomic E-state index is 13.1. The molecule has 0 radical (unpaired) electrons. The first-order chi connectivity index (χ1) is 14.9. The van der Waals surface area contributed by atoms with Gasteiger partial charge in [0.15, 0.2) is 0 Å². The molecule has 0 spiro atoms. The Hall–Kier alpha value is -3.48. The van der Waals surface area contributed by atoms with E-state index in [2.05, 4.69) is 0 Å². The predicted octanol–water partition coefficient (Wildman–Crippen LogP) is 4.52. The van der Waals surface area contributed by atoms with Crippen LogP contribution in [0.4, 0.5) is 5.69 Å². The van der Waals surface area contributed by atoms with Crippen molar-refractivity contribution in [3.63, 3.8) is 0 Å². The van der Waals surface area contributed by atoms with Crippen LogP contribution in [0.5, 0.6) is 0 Å². The van der Waals surface area contributed by atoms with Crippen molar-refractivity contribution < 1.29 is 19.6 Å². The van der Waals surface area contributed by atoms with E-state index in [0.29, 0.717) is 0 Å². The lowest BCUT2D eigenvalue weighted by Gasteiger charge is -2.30. The summed E-state index contributed by atoms with van der Waals surface area (Å²) in [6, 6.07) is 12.4. The highest BCUT2D eigenvalue weighted by Crippen LogP contribution is 2.43. The largest absolute Gasteiger partial charge is 0.507 e. The van der Waals surface area contributed by atoms with Crippen LogP contribution in [0.15, 0.2) is 54.1 Å². The van der Waals surface area contributed by atoms with Gasteiger partial charge >= 0.3 is 0 Å². The summed E-state index contributed by atoms with van der Waals surface area (Å²) in [4.78, 5) is 38.3. The Bertz CT molecular complexity index is 1070. The van der Waals surface area contributed by atoms with Gasteiger partial charge in [0.25, 0.3) is 17.4 Å². The molecule has 2 aromatic rings. The van der Waals surface area contributed by atoms with Gasteiger partial charge in [-0.05, 0) is 30.4 Å². The molecule has 7 nitrogen and oxygen atoms in total. The van der Waals surface area contributed by atoms with Crippen molar-refractivity contribution in [2.75, 3.05) is 0 Å². The summed E-state index contributed by atoms with van der Waals surface area (Å²) in [5.41, 5.74) is 1.81. The van der Waals surface area contributed by atoms with Gasteiger partial charge in [0.1, 0.15) is 5.76 Å². The molecule has 1 N–H and O–H groups in total. The summed E-state index contributed by atoms with van der Waals surface area (Å²) < 4.78 is 0. The number of carbonyl (C=O) groups is 2. The van der Waals surface area contributed by atoms with Gasteiger partial charge in [-0.3, -0.25) is 19.7 Å². The normalized spacial score (nSPS) is 21.1. The van der Waals surface area contributed by atoms with Crippen molar-refractivity contribution in [2.24, 2.45) is 0 Å². The summed E-state index contributed by atoms with van der Waals surface area (Å²) >= 11 is 0. The summed E-state index contributed by atoms with van der Waals surface area (Å²) in [6.07, 6.45) is 4.46. The van der Waals surface area contributed by atoms with Gasteiger partial charge in [-0.15, -0.1) is 0 Å². The predicted molar refractivity (Wildman–Crippen MR) is 115 cm³/mol. The summed E-state index contributed by atoms with van der Waals surface area (Å²) in [6.45, 7) is 2.04. The fourth-order valence-electron chi connectivity index (χ4n) is 4.59. The highest BCUT2D eigenvalue weighted by atomic mass is 16.6. The SMILES string of the molecule is CCc1ccc(C2/C(=C(/O)c3cccc([N+](=O)[O-])c3)C(=O)C(=O)N2C2CCCC2)cc1. The molecule has 7 heteroatoms. The van der Waals surface area contributed by atoms with E-state index in [1.807, 2.05) is 31.2 Å². The van der Waals surface area contributed by atoms with Gasteiger partial charge in [0.2, 0.25) is 0 Å². The molecule has 160 valence electrons. The molecule has 2 fully saturated rings. The Morgan fingerprint density at radius 1 is 1.13 bits per heavy atom. The quantitative estimate of drug-likeness (QED) is 0.252. The number of nitrogens with zero attached hydrogens (tertiary/aromatic N) is 2. The Kier molecular flexibility index (Phi) is 5.59. The first-order valence-electron chi connectivity index (χ1n) is 10.6. The minimum atomic E-state index is -0.750. The smallest absolute Gasteiger partial charge is 0.295 e. The Labute approximate surface area is 180 Å². The highest BCUT2D eigenvalue weighted by molar-refractivity contribution is 6.46. The minimum Gasteiger partial charge on any atom is -0.507 e. The van der Waals surface area contributed by atoms with Gasteiger partial charge < -0.3 is 10.0 Å². The molecule has 0 aromatic heterocycles. The van der Waals surface area contributed by atoms with Gasteiger partial charge in [-0.25, -0.2) is 0 Å². The van der Waals surface area contributed by atoms with E-state index in [0.717, 1.165) is 43.2 Å². The zero-order valence-corrected chi connectivity index (χ0v) is 17.3. The van der Waals surface area contributed by atoms with E-state index in [1.165, 1.54) is 24.3 Å². The lowest BCUT2D eigenvalue weighted by atomic mass is 9.93. The molecule has 1 saturated heterocycles. The van der Waals surface area contributed by atoms with Gasteiger partial charge in [-0.2, -0.15) is 0 Å². The maximum Gasteiger partial charge on any atom is 0.295 e. The third-order valence-corrected chi connectivity index (χ3v) is 6.23. The van der Waals surface area contributed by atoms with E-state index < -0.39 is 22.7 Å². The first kappa shape index (κ1) is 20.8. The summed E-state index contributed by atoms with van der Waals surface area (Å²) in [5.74, 6) is -1.75. The molecule has 31 heavy (non-hydrogen) atoms. The number of aliphatic hydroxyl groups excluding tert-OH is 1. The third kappa shape index (κ3) is 3.71. The molecule has 1 amide bonds. The van der Waals surface area contributed by atoms with Crippen LogP contribution in [-0.2, 0) is 16.0 Å². The van der Waals surface area contributed by atoms with Crippen LogP contribution in [0.3, 0.4) is 0 Å². The second-order valence-corrected chi connectivity index (χ2v) is 8.05. The van der Waals surface area contributed by atoms with E-state index in [4.69, 9.17) is 0 Å². The molecule has 2 aromatic carbocycles. The van der Waals surface area contributed by atoms with Crippen LogP contribution >= 0.6 is 0 Å². The van der Waals surface area contributed by atoms with Gasteiger partial charge in [0.05, 0.1) is 16.5 Å². The number of hydrogen-bond donors (Lipinski definition) is 1. The lowest BCUT2D eigenvalue weighted by Crippen LogP contribution is -2.37. The van der Waals surface area contributed by atoms with Gasteiger partial charge in [0, 0.05) is 23.7 Å². The van der Waals surface area contributed by atoms with Crippen LogP contribution in [0.25, 0.3) is 5.76 Å². The molecule has 1 saturated carbocycles. The van der Waals surface area contributed by atoms with E-state index in [1.54, 1.807) is 4.90 Å². The molecule has 1 unspecified atom stereocenters. The highest BCUT2D eigenvalue weighted by Gasteiger charge is 2.49. The minimum absolute atomic E-state index is 0.0124. The summed E-state index contributed by atoms with van der Waals surface area (Å²) in [5, 5.41) is 22.2. The number of hydrogen-bond acceptors (Lipinski definition) is 5. The van der Waals surface area contributed by atoms with Crippen molar-refractivity contribution in [1.82, 2.24) is 4.90 Å². The topological polar surface area (TPSA) is 101 Å². The van der Waals surface area contributed by atoms with Crippen LogP contribution in [-0.4, -0.2) is 32.7 Å². The second kappa shape index (κ2) is 8.34. The average Bonchev–Trinajstić information content (AvgIpc) is 3.40. The molecule has 1 aliphatic heterocycles. The van der Waals surface area contributed by atoms with Crippen LogP contribution in [0, 0.1) is 10.1 Å². The number of rotatable bonds is 5. The zero-order valence-electron chi connectivity index (χ0n) is 17.3. The zero-order chi connectivity index (χ0) is 22.1. The van der Waals surface area contributed by atoms with Crippen LogP contribution < -0.4 is 0 Å². The number of nitro groups is 1. The number of non-ortho nitro benzene ring substituents is 1. The molecule has 1 atom stereocenters. The molecule has 0 bridgehead atoms. The van der Waals surface area contributed by atoms with Gasteiger partial charge in [-0.1, -0.05) is 56.2 Å².